The molecule has 9 nitrogen and oxygen atoms in total. The maximum Gasteiger partial charge on any atom is 0.235 e. The highest BCUT2D eigenvalue weighted by Crippen LogP contribution is 2.46. The van der Waals surface area contributed by atoms with Gasteiger partial charge in [-0.15, -0.1) is 0 Å². The minimum atomic E-state index is -0.755. The van der Waals surface area contributed by atoms with Crippen LogP contribution in [0.25, 0.3) is 10.8 Å². The van der Waals surface area contributed by atoms with Gasteiger partial charge in [0.05, 0.1) is 44.4 Å². The number of nitrogens with two attached hydrogens (primary N) is 2. The molecule has 4 rings (SSSR count). The SMILES string of the molecule is C[C@@H](O)[C@H]1C(=O)N2C(C=O)=C(COc3cccc4c(C[N+](C)(C)CCCN=C(N)N)cccc34)[C@H](C)[C@H]12. The summed E-state index contributed by atoms with van der Waals surface area (Å²) in [5.74, 6) is 0.102. The van der Waals surface area contributed by atoms with Crippen LogP contribution in [0.15, 0.2) is 52.7 Å². The predicted molar refractivity (Wildman–Crippen MR) is 143 cm³/mol. The quantitative estimate of drug-likeness (QED) is 0.106. The summed E-state index contributed by atoms with van der Waals surface area (Å²) in [7, 11) is 4.38. The highest BCUT2D eigenvalue weighted by molar-refractivity contribution is 5.96. The van der Waals surface area contributed by atoms with E-state index in [-0.39, 0.29) is 30.4 Å². The average molecular weight is 509 g/mol. The monoisotopic (exact) mass is 508 g/mol. The Morgan fingerprint density at radius 3 is 2.59 bits per heavy atom. The summed E-state index contributed by atoms with van der Waals surface area (Å²) >= 11 is 0. The number of amides is 1. The van der Waals surface area contributed by atoms with E-state index in [0.717, 1.165) is 52.4 Å². The fraction of sp³-hybridized carbons (Fsp3) is 0.464. The van der Waals surface area contributed by atoms with Crippen molar-refractivity contribution in [3.63, 3.8) is 0 Å². The van der Waals surface area contributed by atoms with Crippen molar-refractivity contribution in [3.8, 4) is 5.75 Å². The van der Waals surface area contributed by atoms with Crippen molar-refractivity contribution < 1.29 is 23.9 Å². The lowest BCUT2D eigenvalue weighted by molar-refractivity contribution is -0.903. The molecule has 37 heavy (non-hydrogen) atoms. The number of ether oxygens (including phenoxy) is 1. The zero-order valence-corrected chi connectivity index (χ0v) is 22.1. The molecule has 0 saturated carbocycles. The van der Waals surface area contributed by atoms with Crippen molar-refractivity contribution in [1.82, 2.24) is 4.90 Å². The van der Waals surface area contributed by atoms with Crippen molar-refractivity contribution in [2.45, 2.75) is 39.0 Å². The van der Waals surface area contributed by atoms with Crippen molar-refractivity contribution in [2.75, 3.05) is 33.8 Å². The number of guanidine groups is 1. The minimum Gasteiger partial charge on any atom is -0.489 e. The summed E-state index contributed by atoms with van der Waals surface area (Å²) in [6, 6.07) is 12.0. The van der Waals surface area contributed by atoms with E-state index in [1.165, 1.54) is 10.5 Å². The molecule has 0 bridgehead atoms. The summed E-state index contributed by atoms with van der Waals surface area (Å²) in [5, 5.41) is 12.2. The van der Waals surface area contributed by atoms with Gasteiger partial charge < -0.3 is 30.7 Å². The second kappa shape index (κ2) is 10.5. The summed E-state index contributed by atoms with van der Waals surface area (Å²) in [5.41, 5.74) is 13.3. The van der Waals surface area contributed by atoms with Gasteiger partial charge >= 0.3 is 0 Å². The van der Waals surface area contributed by atoms with Crippen LogP contribution in [0.1, 0.15) is 25.8 Å². The maximum absolute atomic E-state index is 12.6. The minimum absolute atomic E-state index is 0.0694. The highest BCUT2D eigenvalue weighted by atomic mass is 16.5. The Hall–Kier alpha value is -3.43. The topological polar surface area (TPSA) is 131 Å². The van der Waals surface area contributed by atoms with E-state index in [1.54, 1.807) is 6.92 Å². The number of aliphatic hydroxyl groups excluding tert-OH is 1. The molecule has 2 heterocycles. The van der Waals surface area contributed by atoms with Gasteiger partial charge in [-0.25, -0.2) is 0 Å². The first-order valence-electron chi connectivity index (χ1n) is 12.8. The van der Waals surface area contributed by atoms with Crippen LogP contribution >= 0.6 is 0 Å². The van der Waals surface area contributed by atoms with Gasteiger partial charge in [0.2, 0.25) is 5.91 Å². The normalized spacial score (nSPS) is 22.0. The van der Waals surface area contributed by atoms with Gasteiger partial charge in [-0.05, 0) is 23.9 Å². The Morgan fingerprint density at radius 2 is 1.92 bits per heavy atom. The van der Waals surface area contributed by atoms with Gasteiger partial charge in [0.1, 0.15) is 18.9 Å². The molecule has 2 aromatic carbocycles. The number of aliphatic imine (C=N–C) groups is 1. The Balaban J connectivity index is 1.52. The zero-order chi connectivity index (χ0) is 26.9. The summed E-state index contributed by atoms with van der Waals surface area (Å²) < 4.78 is 7.07. The number of hydrogen-bond acceptors (Lipinski definition) is 5. The Labute approximate surface area is 218 Å². The molecule has 1 saturated heterocycles. The van der Waals surface area contributed by atoms with E-state index < -0.39 is 12.0 Å². The predicted octanol–water partition coefficient (Wildman–Crippen LogP) is 1.77. The fourth-order valence-corrected chi connectivity index (χ4v) is 5.78. The molecule has 2 aromatic rings. The molecule has 0 aliphatic carbocycles. The molecule has 4 atom stereocenters. The standard InChI is InChI=1S/C28H38N5O4/c1-17-22(23(15-34)32-26(17)25(18(2)35)27(32)36)16-37-24-11-6-9-20-19(8-5-10-21(20)24)14-33(3,4)13-7-12-31-28(29)30/h5-6,8-11,15,17-18,25-26,35H,7,12-14,16H2,1-4H3,(H4,29,30,31)/q+1/t17-,18+,25+,26+/m0/s1. The lowest BCUT2D eigenvalue weighted by Gasteiger charge is -2.46. The molecule has 9 heteroatoms. The average Bonchev–Trinajstić information content (AvgIpc) is 3.07. The van der Waals surface area contributed by atoms with Gasteiger partial charge in [-0.2, -0.15) is 0 Å². The number of carbonyl (C=O) groups is 2. The van der Waals surface area contributed by atoms with E-state index in [2.05, 4.69) is 31.2 Å². The number of hydrogen-bond donors (Lipinski definition) is 3. The molecule has 0 radical (unpaired) electrons. The van der Waals surface area contributed by atoms with Crippen molar-refractivity contribution >= 4 is 28.9 Å². The third-order valence-electron chi connectivity index (χ3n) is 7.64. The number of rotatable bonds is 11. The molecule has 198 valence electrons. The van der Waals surface area contributed by atoms with Gasteiger partial charge in [-0.3, -0.25) is 14.6 Å². The third kappa shape index (κ3) is 5.19. The number of carbonyl (C=O) groups excluding carboxylic acids is 2. The van der Waals surface area contributed by atoms with Crippen LogP contribution in [-0.2, 0) is 16.1 Å². The lowest BCUT2D eigenvalue weighted by Crippen LogP contribution is -2.63. The summed E-state index contributed by atoms with van der Waals surface area (Å²) in [6.07, 6.45) is 0.863. The van der Waals surface area contributed by atoms with Crippen LogP contribution in [0.2, 0.25) is 0 Å². The molecule has 2 aliphatic rings. The van der Waals surface area contributed by atoms with Gasteiger partial charge in [0.25, 0.3) is 0 Å². The zero-order valence-electron chi connectivity index (χ0n) is 22.1. The van der Waals surface area contributed by atoms with E-state index in [1.807, 2.05) is 31.2 Å². The van der Waals surface area contributed by atoms with Gasteiger partial charge in [0, 0.05) is 29.8 Å². The first kappa shape index (κ1) is 26.6. The largest absolute Gasteiger partial charge is 0.489 e. The number of aldehydes is 1. The van der Waals surface area contributed by atoms with Crippen molar-refractivity contribution in [1.29, 1.82) is 0 Å². The van der Waals surface area contributed by atoms with E-state index in [0.29, 0.717) is 12.2 Å². The summed E-state index contributed by atoms with van der Waals surface area (Å²) in [4.78, 5) is 30.1. The smallest absolute Gasteiger partial charge is 0.235 e. The second-order valence-corrected chi connectivity index (χ2v) is 10.8. The molecule has 0 unspecified atom stereocenters. The Bertz CT molecular complexity index is 1250. The number of fused-ring (bicyclic) bond motifs is 2. The molecule has 2 aliphatic heterocycles. The molecule has 1 amide bonds. The lowest BCUT2D eigenvalue weighted by atomic mass is 9.78. The van der Waals surface area contributed by atoms with Gasteiger partial charge in [-0.1, -0.05) is 37.3 Å². The van der Waals surface area contributed by atoms with Crippen LogP contribution < -0.4 is 16.2 Å². The number of nitrogens with zero attached hydrogens (tertiary/aromatic N) is 3. The molecule has 0 spiro atoms. The van der Waals surface area contributed by atoms with Crippen LogP contribution in [0, 0.1) is 11.8 Å². The third-order valence-corrected chi connectivity index (χ3v) is 7.64. The van der Waals surface area contributed by atoms with Crippen LogP contribution in [-0.4, -0.2) is 78.6 Å². The fourth-order valence-electron chi connectivity index (χ4n) is 5.78. The van der Waals surface area contributed by atoms with E-state index >= 15 is 0 Å². The van der Waals surface area contributed by atoms with E-state index in [4.69, 9.17) is 16.2 Å². The Morgan fingerprint density at radius 1 is 1.22 bits per heavy atom. The van der Waals surface area contributed by atoms with E-state index in [9.17, 15) is 14.7 Å². The number of quaternary nitrogens is 1. The number of β-lactam (4-membered cyclic amide) rings is 1. The Kier molecular flexibility index (Phi) is 7.57. The molecular weight excluding hydrogens is 470 g/mol. The first-order valence-corrected chi connectivity index (χ1v) is 12.8. The van der Waals surface area contributed by atoms with Crippen LogP contribution in [0.4, 0.5) is 0 Å². The molecule has 0 aromatic heterocycles. The maximum atomic E-state index is 12.6. The number of aliphatic hydroxyl groups is 1. The van der Waals surface area contributed by atoms with Crippen molar-refractivity contribution in [3.05, 3.63) is 53.2 Å². The number of allylic oxidation sites excluding steroid dienone is 1. The molecule has 1 fully saturated rings. The molecule has 5 N–H and O–H groups in total. The van der Waals surface area contributed by atoms with Crippen molar-refractivity contribution in [2.24, 2.45) is 28.3 Å². The van der Waals surface area contributed by atoms with Crippen LogP contribution in [0.3, 0.4) is 0 Å². The highest BCUT2D eigenvalue weighted by Gasteiger charge is 2.58. The second-order valence-electron chi connectivity index (χ2n) is 10.8. The summed E-state index contributed by atoms with van der Waals surface area (Å²) in [6.45, 7) is 6.18. The van der Waals surface area contributed by atoms with Crippen LogP contribution in [0.5, 0.6) is 5.75 Å². The van der Waals surface area contributed by atoms with Gasteiger partial charge in [0.15, 0.2) is 12.2 Å². The number of benzene rings is 2. The first-order chi connectivity index (χ1) is 17.6. The molecular formula is C28H38N5O4+.